The summed E-state index contributed by atoms with van der Waals surface area (Å²) in [6.07, 6.45) is 15.2. The van der Waals surface area contributed by atoms with Gasteiger partial charge in [-0.15, -0.1) is 0 Å². The molecule has 106 heavy (non-hydrogen) atoms. The molecule has 2 aliphatic carbocycles. The normalized spacial score (nSPS) is 23.2. The Morgan fingerprint density at radius 1 is 0.698 bits per heavy atom. The summed E-state index contributed by atoms with van der Waals surface area (Å²) in [5, 5.41) is 25.1. The molecule has 6 aliphatic heterocycles. The number of halogens is 2. The van der Waals surface area contributed by atoms with Gasteiger partial charge >= 0.3 is 0 Å². The molecule has 6 saturated heterocycles. The number of rotatable bonds is 30. The molecule has 8 N–H and O–H groups in total. The highest BCUT2D eigenvalue weighted by atomic mass is 19.1. The van der Waals surface area contributed by atoms with Crippen molar-refractivity contribution in [3.63, 3.8) is 0 Å². The summed E-state index contributed by atoms with van der Waals surface area (Å²) in [6, 6.07) is 18.5. The van der Waals surface area contributed by atoms with Crippen LogP contribution in [-0.2, 0) is 64.4 Å². The Morgan fingerprint density at radius 2 is 1.42 bits per heavy atom. The van der Waals surface area contributed by atoms with Gasteiger partial charge in [-0.3, -0.25) is 38.5 Å². The number of nitrogens with zero attached hydrogens (tertiary/aromatic N) is 8. The van der Waals surface area contributed by atoms with Crippen molar-refractivity contribution in [3.8, 4) is 0 Å². The van der Waals surface area contributed by atoms with Gasteiger partial charge in [0.25, 0.3) is 0 Å². The van der Waals surface area contributed by atoms with E-state index in [1.165, 1.54) is 24.0 Å². The fourth-order valence-electron chi connectivity index (χ4n) is 17.5. The smallest absolute Gasteiger partial charge is 0.245 e. The summed E-state index contributed by atoms with van der Waals surface area (Å²) < 4.78 is 37.4. The van der Waals surface area contributed by atoms with E-state index in [-0.39, 0.29) is 102 Å². The number of ether oxygens (including phenoxy) is 1. The summed E-state index contributed by atoms with van der Waals surface area (Å²) in [5.41, 5.74) is 4.70. The summed E-state index contributed by atoms with van der Waals surface area (Å²) in [7, 11) is 1.71. The van der Waals surface area contributed by atoms with E-state index in [1.807, 2.05) is 36.4 Å². The molecule has 8 aliphatic rings. The molecule has 1 aromatic heterocycles. The van der Waals surface area contributed by atoms with Gasteiger partial charge in [-0.05, 0) is 162 Å². The highest BCUT2D eigenvalue weighted by Crippen LogP contribution is 2.41. The van der Waals surface area contributed by atoms with Crippen LogP contribution in [-0.4, -0.2) is 213 Å². The second-order valence-electron chi connectivity index (χ2n) is 32.4. The Labute approximate surface area is 624 Å². The Morgan fingerprint density at radius 3 is 2.20 bits per heavy atom. The molecule has 7 fully saturated rings. The van der Waals surface area contributed by atoms with Crippen LogP contribution in [0, 0.1) is 28.4 Å². The van der Waals surface area contributed by atoms with Gasteiger partial charge in [-0.25, -0.2) is 18.7 Å². The molecule has 4 aromatic rings. The number of carbonyl (C=O) groups excluding carboxylic acids is 7. The van der Waals surface area contributed by atoms with Crippen LogP contribution in [0.1, 0.15) is 170 Å². The lowest BCUT2D eigenvalue weighted by molar-refractivity contribution is -0.140. The van der Waals surface area contributed by atoms with Gasteiger partial charge in [0, 0.05) is 134 Å². The third kappa shape index (κ3) is 20.9. The molecule has 1 saturated carbocycles. The first-order valence-electron chi connectivity index (χ1n) is 39.3. The number of likely N-dealkylation sites (tertiary alicyclic amines) is 4. The number of anilines is 3. The van der Waals surface area contributed by atoms with E-state index in [0.29, 0.717) is 103 Å². The minimum Gasteiger partial charge on any atom is -0.378 e. The van der Waals surface area contributed by atoms with Gasteiger partial charge in [0.05, 0.1) is 43.1 Å². The van der Waals surface area contributed by atoms with E-state index in [2.05, 4.69) is 104 Å². The number of fused-ring (bicyclic) bond motifs is 1. The average molecular weight is 1470 g/mol. The van der Waals surface area contributed by atoms with Gasteiger partial charge in [0.2, 0.25) is 41.4 Å². The van der Waals surface area contributed by atoms with Crippen LogP contribution < -0.4 is 52.3 Å². The van der Waals surface area contributed by atoms with Crippen molar-refractivity contribution in [1.29, 1.82) is 0 Å². The fourth-order valence-corrected chi connectivity index (χ4v) is 17.5. The number of amides is 7. The topological polar surface area (TPSA) is 270 Å². The molecule has 3 aromatic carbocycles. The van der Waals surface area contributed by atoms with Gasteiger partial charge in [-0.1, -0.05) is 81.6 Å². The Balaban J connectivity index is 0.513. The van der Waals surface area contributed by atoms with E-state index in [9.17, 15) is 33.6 Å². The quantitative estimate of drug-likeness (QED) is 0.0255. The first-order chi connectivity index (χ1) is 51.1. The van der Waals surface area contributed by atoms with Crippen LogP contribution in [0.15, 0.2) is 73.1 Å². The van der Waals surface area contributed by atoms with E-state index in [4.69, 9.17) is 4.74 Å². The maximum Gasteiger partial charge on any atom is 0.245 e. The second-order valence-corrected chi connectivity index (χ2v) is 32.4. The van der Waals surface area contributed by atoms with Gasteiger partial charge < -0.3 is 71.8 Å². The lowest BCUT2D eigenvalue weighted by Gasteiger charge is -2.48. The molecular weight excluding hydrogens is 1350 g/mol. The number of aromatic nitrogens is 2. The highest BCUT2D eigenvalue weighted by molar-refractivity contribution is 5.91. The fraction of sp³-hybridized carbons (Fsp3) is 0.637. The number of hydrogen-bond acceptors (Lipinski definition) is 17. The number of piperidine rings is 2. The van der Waals surface area contributed by atoms with E-state index < -0.39 is 41.3 Å². The van der Waals surface area contributed by atoms with E-state index >= 15 is 8.78 Å². The zero-order valence-electron chi connectivity index (χ0n) is 62.9. The molecule has 2 spiro atoms. The molecule has 26 heteroatoms. The van der Waals surface area contributed by atoms with Crippen molar-refractivity contribution in [3.05, 3.63) is 113 Å². The number of piperazine rings is 1. The van der Waals surface area contributed by atoms with Crippen LogP contribution in [0.4, 0.5) is 26.1 Å². The molecular formula is C80H114F2N16O8. The number of hydrogen-bond donors (Lipinski definition) is 8. The van der Waals surface area contributed by atoms with Crippen LogP contribution >= 0.6 is 0 Å². The lowest BCUT2D eigenvalue weighted by Crippen LogP contribution is -2.66. The van der Waals surface area contributed by atoms with Crippen molar-refractivity contribution in [2.45, 2.75) is 198 Å². The molecule has 7 amide bonds. The molecule has 576 valence electrons. The maximum absolute atomic E-state index is 15.8. The first kappa shape index (κ1) is 77.7. The molecule has 6 atom stereocenters. The SMILES string of the molecule is CN[C@@H](C)C(=O)N[C@H](C(=O)N1C[C@@H](NC(=O)CCC(=O)NCCOCCN2CC[C@]3(CCN(CCC(=O)NCc4cccc(CNc5cc(N6CCC7(CC6)CN(c6cc(F)c(CN8CCC(C)(C)CC8)cc6F)CC(=O)N7)ncn5)c4)C3)C2)C[C@H]1CC(=O)N[C@@H]1CCCc2ccccc21)C1CCCCC1. The Hall–Kier alpha value is -7.91. The predicted molar refractivity (Wildman–Crippen MR) is 403 cm³/mol. The number of aryl methyl sites for hydroxylation is 1. The monoisotopic (exact) mass is 1460 g/mol. The molecule has 24 nitrogen and oxygen atoms in total. The van der Waals surface area contributed by atoms with Crippen molar-refractivity contribution in [2.24, 2.45) is 16.7 Å². The van der Waals surface area contributed by atoms with E-state index in [1.54, 1.807) is 23.8 Å². The largest absolute Gasteiger partial charge is 0.378 e. The number of benzene rings is 3. The average Bonchev–Trinajstić information content (AvgIpc) is 1.38. The minimum atomic E-state index is -0.752. The molecule has 7 heterocycles. The summed E-state index contributed by atoms with van der Waals surface area (Å²) >= 11 is 0. The van der Waals surface area contributed by atoms with Crippen molar-refractivity contribution >= 4 is 58.7 Å². The molecule has 0 unspecified atom stereocenters. The van der Waals surface area contributed by atoms with Crippen LogP contribution in [0.5, 0.6) is 0 Å². The second kappa shape index (κ2) is 35.9. The zero-order chi connectivity index (χ0) is 74.4. The number of nitrogens with one attached hydrogen (secondary N) is 8. The summed E-state index contributed by atoms with van der Waals surface area (Å²) in [5.74, 6) is -0.994. The van der Waals surface area contributed by atoms with Crippen molar-refractivity contribution in [1.82, 2.24) is 66.8 Å². The zero-order valence-corrected chi connectivity index (χ0v) is 62.9. The first-order valence-corrected chi connectivity index (χ1v) is 39.3. The Bertz CT molecular complexity index is 3710. The van der Waals surface area contributed by atoms with E-state index in [0.717, 1.165) is 145 Å². The summed E-state index contributed by atoms with van der Waals surface area (Å²) in [6.45, 7) is 17.5. The standard InChI is InChI=1S/C80H114F2N16O8/c1-55(83-4)76(104)91-75(59-15-6-5-7-16-59)77(105)98-49-61(42-62(98)43-73(102)90-66-19-11-17-58-14-8-9-18-63(58)66)89-72(101)21-20-70(99)84-29-38-106-39-37-95-34-26-79(52-95)25-33-94(51-79)30-22-71(100)86-47-57-13-10-12-56(40-57)46-85-68-45-69(88-54-87-68)96-35-27-80(28-36-96)53-97(50-74(103)92-80)67-44-64(81)60(41-65(67)82)48-93-31-23-78(2,3)24-32-93/h8-10,12-14,18,40-41,44-45,54-55,59,61-62,66,75,83H,5-7,11,15-17,19-39,42-43,46-53H2,1-4H3,(H,84,99)(H,86,100)(H,89,101)(H,90,102)(H,91,104)(H,92,103)(H,85,87,88)/t55-,61-,62-,66+,75-,79-/m0/s1. The third-order valence-electron chi connectivity index (χ3n) is 24.0. The van der Waals surface area contributed by atoms with Crippen LogP contribution in [0.2, 0.25) is 0 Å². The van der Waals surface area contributed by atoms with Crippen LogP contribution in [0.25, 0.3) is 0 Å². The minimum absolute atomic E-state index is 0.0120. The molecule has 12 rings (SSSR count). The van der Waals surface area contributed by atoms with Crippen molar-refractivity contribution < 1.29 is 47.1 Å². The number of likely N-dealkylation sites (N-methyl/N-ethyl adjacent to an activating group) is 1. The van der Waals surface area contributed by atoms with Gasteiger partial charge in [0.15, 0.2) is 0 Å². The summed E-state index contributed by atoms with van der Waals surface area (Å²) in [4.78, 5) is 117. The third-order valence-corrected chi connectivity index (χ3v) is 24.0. The highest BCUT2D eigenvalue weighted by Gasteiger charge is 2.46. The molecule has 0 bridgehead atoms. The molecule has 0 radical (unpaired) electrons. The number of carbonyl (C=O) groups is 7. The maximum atomic E-state index is 15.8. The lowest BCUT2D eigenvalue weighted by atomic mass is 9.82. The Kier molecular flexibility index (Phi) is 26.3. The van der Waals surface area contributed by atoms with Crippen molar-refractivity contribution in [2.75, 3.05) is 127 Å². The van der Waals surface area contributed by atoms with Crippen LogP contribution in [0.3, 0.4) is 0 Å². The van der Waals surface area contributed by atoms with Gasteiger partial charge in [0.1, 0.15) is 35.6 Å². The predicted octanol–water partition coefficient (Wildman–Crippen LogP) is 6.62. The van der Waals surface area contributed by atoms with Gasteiger partial charge in [-0.2, -0.15) is 0 Å².